The van der Waals surface area contributed by atoms with Crippen LogP contribution in [0.25, 0.3) is 0 Å². The monoisotopic (exact) mass is 486 g/mol. The number of benzene rings is 1. The van der Waals surface area contributed by atoms with E-state index in [2.05, 4.69) is 10.3 Å². The highest BCUT2D eigenvalue weighted by Gasteiger charge is 2.10. The number of methoxy groups -OCH3 is 1. The first-order valence-corrected chi connectivity index (χ1v) is 7.85. The molecule has 0 fully saturated rings. The minimum absolute atomic E-state index is 0. The van der Waals surface area contributed by atoms with Crippen molar-refractivity contribution in [2.75, 3.05) is 47.9 Å². The number of likely N-dealkylation sites (N-methyl/N-ethyl adjacent to an activating group) is 1. The van der Waals surface area contributed by atoms with Gasteiger partial charge in [0.1, 0.15) is 12.4 Å². The quantitative estimate of drug-likeness (QED) is 0.278. The number of nitrogens with zero attached hydrogens (tertiary/aromatic N) is 3. The largest absolute Gasteiger partial charge is 0.383 e. The lowest BCUT2D eigenvalue weighted by molar-refractivity contribution is -0.127. The molecular formula is C16H25ClFIN4O2. The highest BCUT2D eigenvalue weighted by molar-refractivity contribution is 14.0. The van der Waals surface area contributed by atoms with Crippen LogP contribution >= 0.6 is 35.6 Å². The van der Waals surface area contributed by atoms with E-state index in [4.69, 9.17) is 16.3 Å². The molecule has 1 amide bonds. The number of aliphatic imine (C=N–C) groups is 1. The summed E-state index contributed by atoms with van der Waals surface area (Å²) in [6.07, 6.45) is 0. The summed E-state index contributed by atoms with van der Waals surface area (Å²) >= 11 is 5.70. The van der Waals surface area contributed by atoms with Gasteiger partial charge < -0.3 is 19.9 Å². The first-order valence-electron chi connectivity index (χ1n) is 7.47. The van der Waals surface area contributed by atoms with Crippen LogP contribution in [0.1, 0.15) is 5.56 Å². The zero-order valence-corrected chi connectivity index (χ0v) is 18.0. The summed E-state index contributed by atoms with van der Waals surface area (Å²) in [5, 5.41) is 3.21. The Morgan fingerprint density at radius 1 is 1.36 bits per heavy atom. The van der Waals surface area contributed by atoms with Crippen LogP contribution < -0.4 is 5.32 Å². The van der Waals surface area contributed by atoms with Crippen LogP contribution in [0.4, 0.5) is 4.39 Å². The second-order valence-corrected chi connectivity index (χ2v) is 5.86. The molecule has 0 radical (unpaired) electrons. The van der Waals surface area contributed by atoms with Crippen molar-refractivity contribution in [3.63, 3.8) is 0 Å². The molecule has 1 aromatic carbocycles. The van der Waals surface area contributed by atoms with Crippen molar-refractivity contribution in [1.82, 2.24) is 15.1 Å². The topological polar surface area (TPSA) is 57.2 Å². The van der Waals surface area contributed by atoms with Gasteiger partial charge in [-0.15, -0.1) is 24.0 Å². The number of nitrogens with one attached hydrogen (secondary N) is 1. The van der Waals surface area contributed by atoms with Gasteiger partial charge in [0, 0.05) is 41.3 Å². The Hall–Kier alpha value is -1.13. The SMILES string of the molecule is COCCNC(=NCC(=O)N(C)C)N(C)Cc1ccc(Cl)c(F)c1.I. The lowest BCUT2D eigenvalue weighted by Gasteiger charge is -2.23. The van der Waals surface area contributed by atoms with Gasteiger partial charge in [0.25, 0.3) is 0 Å². The van der Waals surface area contributed by atoms with Gasteiger partial charge in [-0.1, -0.05) is 17.7 Å². The van der Waals surface area contributed by atoms with Crippen molar-refractivity contribution >= 4 is 47.4 Å². The van der Waals surface area contributed by atoms with E-state index >= 15 is 0 Å². The fraction of sp³-hybridized carbons (Fsp3) is 0.500. The number of guanidine groups is 1. The molecule has 142 valence electrons. The normalized spacial score (nSPS) is 10.9. The zero-order valence-electron chi connectivity index (χ0n) is 14.9. The third-order valence-corrected chi connectivity index (χ3v) is 3.52. The Morgan fingerprint density at radius 3 is 2.60 bits per heavy atom. The van der Waals surface area contributed by atoms with E-state index in [1.54, 1.807) is 32.2 Å². The molecule has 9 heteroatoms. The molecular weight excluding hydrogens is 462 g/mol. The van der Waals surface area contributed by atoms with Crippen molar-refractivity contribution in [2.45, 2.75) is 6.54 Å². The number of halogens is 3. The molecule has 25 heavy (non-hydrogen) atoms. The van der Waals surface area contributed by atoms with E-state index in [1.165, 1.54) is 17.0 Å². The van der Waals surface area contributed by atoms with Gasteiger partial charge in [-0.25, -0.2) is 9.38 Å². The van der Waals surface area contributed by atoms with Gasteiger partial charge in [-0.2, -0.15) is 0 Å². The molecule has 0 aliphatic heterocycles. The van der Waals surface area contributed by atoms with Crippen LogP contribution in [-0.2, 0) is 16.1 Å². The number of amides is 1. The summed E-state index contributed by atoms with van der Waals surface area (Å²) in [7, 11) is 6.77. The maximum atomic E-state index is 13.6. The maximum absolute atomic E-state index is 13.6. The van der Waals surface area contributed by atoms with E-state index in [0.717, 1.165) is 5.56 Å². The van der Waals surface area contributed by atoms with Crippen LogP contribution in [0.15, 0.2) is 23.2 Å². The van der Waals surface area contributed by atoms with E-state index in [0.29, 0.717) is 25.7 Å². The van der Waals surface area contributed by atoms with Crippen molar-refractivity contribution in [3.05, 3.63) is 34.6 Å². The fourth-order valence-corrected chi connectivity index (χ4v) is 1.96. The molecule has 0 aliphatic carbocycles. The van der Waals surface area contributed by atoms with Crippen molar-refractivity contribution < 1.29 is 13.9 Å². The van der Waals surface area contributed by atoms with E-state index in [-0.39, 0.29) is 41.5 Å². The molecule has 1 aromatic rings. The summed E-state index contributed by atoms with van der Waals surface area (Å²) in [5.74, 6) is -0.0271. The number of carbonyl (C=O) groups is 1. The molecule has 1 rings (SSSR count). The molecule has 0 saturated carbocycles. The molecule has 0 saturated heterocycles. The molecule has 0 aromatic heterocycles. The van der Waals surface area contributed by atoms with E-state index < -0.39 is 5.82 Å². The molecule has 1 N–H and O–H groups in total. The third-order valence-electron chi connectivity index (χ3n) is 3.22. The highest BCUT2D eigenvalue weighted by atomic mass is 127. The van der Waals surface area contributed by atoms with Crippen LogP contribution in [0.5, 0.6) is 0 Å². The highest BCUT2D eigenvalue weighted by Crippen LogP contribution is 2.16. The third kappa shape index (κ3) is 8.68. The summed E-state index contributed by atoms with van der Waals surface area (Å²) in [6.45, 7) is 1.50. The first-order chi connectivity index (χ1) is 11.3. The van der Waals surface area contributed by atoms with E-state index in [1.807, 2.05) is 7.05 Å². The summed E-state index contributed by atoms with van der Waals surface area (Å²) in [4.78, 5) is 19.3. The van der Waals surface area contributed by atoms with Gasteiger partial charge >= 0.3 is 0 Å². The van der Waals surface area contributed by atoms with Crippen LogP contribution in [0.3, 0.4) is 0 Å². The molecule has 0 heterocycles. The van der Waals surface area contributed by atoms with Gasteiger partial charge in [-0.05, 0) is 17.7 Å². The van der Waals surface area contributed by atoms with E-state index in [9.17, 15) is 9.18 Å². The summed E-state index contributed by atoms with van der Waals surface area (Å²) in [5.41, 5.74) is 0.750. The van der Waals surface area contributed by atoms with Gasteiger partial charge in [-0.3, -0.25) is 4.79 Å². The molecule has 0 spiro atoms. The lowest BCUT2D eigenvalue weighted by atomic mass is 10.2. The minimum Gasteiger partial charge on any atom is -0.383 e. The molecule has 0 unspecified atom stereocenters. The zero-order chi connectivity index (χ0) is 18.1. The van der Waals surface area contributed by atoms with Crippen LogP contribution in [0, 0.1) is 5.82 Å². The Labute approximate surface area is 170 Å². The summed E-state index contributed by atoms with van der Waals surface area (Å²) < 4.78 is 18.6. The van der Waals surface area contributed by atoms with Crippen molar-refractivity contribution in [1.29, 1.82) is 0 Å². The lowest BCUT2D eigenvalue weighted by Crippen LogP contribution is -2.41. The molecule has 0 bridgehead atoms. The van der Waals surface area contributed by atoms with Crippen LogP contribution in [-0.4, -0.2) is 69.6 Å². The number of ether oxygens (including phenoxy) is 1. The predicted molar refractivity (Wildman–Crippen MR) is 109 cm³/mol. The predicted octanol–water partition coefficient (Wildman–Crippen LogP) is 2.21. The number of hydrogen-bond acceptors (Lipinski definition) is 3. The summed E-state index contributed by atoms with van der Waals surface area (Å²) in [6, 6.07) is 4.65. The standard InChI is InChI=1S/C16H24ClFN4O2.HI/c1-21(2)15(23)10-20-16(19-7-8-24-4)22(3)11-12-5-6-13(17)14(18)9-12;/h5-6,9H,7-8,10-11H2,1-4H3,(H,19,20);1H. The van der Waals surface area contributed by atoms with Crippen molar-refractivity contribution in [3.8, 4) is 0 Å². The number of carbonyl (C=O) groups excluding carboxylic acids is 1. The Kier molecular flexibility index (Phi) is 11.7. The Bertz CT molecular complexity index is 587. The Balaban J connectivity index is 0.00000576. The van der Waals surface area contributed by atoms with Crippen LogP contribution in [0.2, 0.25) is 5.02 Å². The van der Waals surface area contributed by atoms with Gasteiger partial charge in [0.15, 0.2) is 5.96 Å². The fourth-order valence-electron chi connectivity index (χ4n) is 1.85. The number of rotatable bonds is 7. The first kappa shape index (κ1) is 23.9. The van der Waals surface area contributed by atoms with Crippen molar-refractivity contribution in [2.24, 2.45) is 4.99 Å². The van der Waals surface area contributed by atoms with Gasteiger partial charge in [0.05, 0.1) is 11.6 Å². The average molecular weight is 487 g/mol. The second-order valence-electron chi connectivity index (χ2n) is 5.45. The maximum Gasteiger partial charge on any atom is 0.243 e. The minimum atomic E-state index is -0.462. The Morgan fingerprint density at radius 2 is 2.04 bits per heavy atom. The number of hydrogen-bond donors (Lipinski definition) is 1. The average Bonchev–Trinajstić information content (AvgIpc) is 2.53. The molecule has 0 atom stereocenters. The van der Waals surface area contributed by atoms with Gasteiger partial charge in [0.2, 0.25) is 5.91 Å². The smallest absolute Gasteiger partial charge is 0.243 e. The molecule has 6 nitrogen and oxygen atoms in total. The molecule has 0 aliphatic rings. The second kappa shape index (κ2) is 12.3.